The fourth-order valence-electron chi connectivity index (χ4n) is 3.30. The van der Waals surface area contributed by atoms with E-state index in [4.69, 9.17) is 16.2 Å². The molecular weight excluding hydrogens is 294 g/mol. The number of aromatic nitrogens is 3. The maximum absolute atomic E-state index is 10.2. The molecule has 5 N–H and O–H groups in total. The fraction of sp³-hybridized carbons (Fsp3) is 0.375. The highest BCUT2D eigenvalue weighted by atomic mass is 16.5. The number of hydrogen-bond acceptors (Lipinski definition) is 6. The Morgan fingerprint density at radius 2 is 2.17 bits per heavy atom. The van der Waals surface area contributed by atoms with Gasteiger partial charge in [0, 0.05) is 6.42 Å². The molecule has 1 aliphatic rings. The summed E-state index contributed by atoms with van der Waals surface area (Å²) in [7, 11) is 0. The van der Waals surface area contributed by atoms with E-state index in [2.05, 4.69) is 9.97 Å². The van der Waals surface area contributed by atoms with Crippen LogP contribution in [0.25, 0.3) is 16.7 Å². The van der Waals surface area contributed by atoms with E-state index in [0.717, 1.165) is 16.7 Å². The van der Waals surface area contributed by atoms with E-state index in [0.29, 0.717) is 30.9 Å². The quantitative estimate of drug-likeness (QED) is 0.665. The SMILES string of the molecule is NCCC1OC(c2cnc3c(N)nc4ccccc4n23)CC1O. The van der Waals surface area contributed by atoms with Crippen LogP contribution in [0.1, 0.15) is 24.6 Å². The molecule has 1 fully saturated rings. The van der Waals surface area contributed by atoms with Gasteiger partial charge in [-0.25, -0.2) is 9.97 Å². The van der Waals surface area contributed by atoms with E-state index in [1.165, 1.54) is 0 Å². The third-order valence-corrected chi connectivity index (χ3v) is 4.39. The number of aliphatic hydroxyl groups excluding tert-OH is 1. The van der Waals surface area contributed by atoms with Crippen LogP contribution in [-0.2, 0) is 4.74 Å². The van der Waals surface area contributed by atoms with Gasteiger partial charge in [-0.2, -0.15) is 0 Å². The monoisotopic (exact) mass is 313 g/mol. The topological polar surface area (TPSA) is 112 Å². The van der Waals surface area contributed by atoms with Crippen molar-refractivity contribution < 1.29 is 9.84 Å². The summed E-state index contributed by atoms with van der Waals surface area (Å²) >= 11 is 0. The van der Waals surface area contributed by atoms with Gasteiger partial charge in [0.2, 0.25) is 0 Å². The third-order valence-electron chi connectivity index (χ3n) is 4.39. The second-order valence-corrected chi connectivity index (χ2v) is 5.87. The van der Waals surface area contributed by atoms with Gasteiger partial charge in [-0.1, -0.05) is 12.1 Å². The Balaban J connectivity index is 1.85. The lowest BCUT2D eigenvalue weighted by atomic mass is 10.1. The highest BCUT2D eigenvalue weighted by Gasteiger charge is 2.36. The average molecular weight is 313 g/mol. The van der Waals surface area contributed by atoms with Gasteiger partial charge in [0.1, 0.15) is 6.10 Å². The van der Waals surface area contributed by atoms with Gasteiger partial charge >= 0.3 is 0 Å². The van der Waals surface area contributed by atoms with Crippen molar-refractivity contribution in [2.24, 2.45) is 5.73 Å². The number of nitrogens with two attached hydrogens (primary N) is 2. The lowest BCUT2D eigenvalue weighted by Crippen LogP contribution is -2.23. The molecule has 7 heteroatoms. The Kier molecular flexibility index (Phi) is 3.41. The van der Waals surface area contributed by atoms with Crippen LogP contribution in [0.4, 0.5) is 5.82 Å². The minimum absolute atomic E-state index is 0.234. The van der Waals surface area contributed by atoms with Crippen LogP contribution in [0.15, 0.2) is 30.5 Å². The van der Waals surface area contributed by atoms with E-state index in [1.807, 2.05) is 28.7 Å². The Morgan fingerprint density at radius 1 is 1.35 bits per heavy atom. The fourth-order valence-corrected chi connectivity index (χ4v) is 3.30. The van der Waals surface area contributed by atoms with E-state index < -0.39 is 6.10 Å². The summed E-state index contributed by atoms with van der Waals surface area (Å²) < 4.78 is 7.98. The molecule has 1 aromatic carbocycles. The minimum atomic E-state index is -0.514. The lowest BCUT2D eigenvalue weighted by Gasteiger charge is -2.14. The van der Waals surface area contributed by atoms with Gasteiger partial charge in [0.25, 0.3) is 0 Å². The zero-order chi connectivity index (χ0) is 16.0. The summed E-state index contributed by atoms with van der Waals surface area (Å²) in [6, 6.07) is 7.76. The van der Waals surface area contributed by atoms with Crippen molar-refractivity contribution in [1.82, 2.24) is 14.4 Å². The molecule has 120 valence electrons. The predicted molar refractivity (Wildman–Crippen MR) is 86.8 cm³/mol. The van der Waals surface area contributed by atoms with Crippen molar-refractivity contribution in [3.05, 3.63) is 36.2 Å². The van der Waals surface area contributed by atoms with Gasteiger partial charge in [0.05, 0.1) is 35.1 Å². The van der Waals surface area contributed by atoms with Crippen molar-refractivity contribution in [2.45, 2.75) is 31.2 Å². The van der Waals surface area contributed by atoms with Gasteiger partial charge in [-0.15, -0.1) is 0 Å². The predicted octanol–water partition coefficient (Wildman–Crippen LogP) is 1.00. The molecule has 3 unspecified atom stereocenters. The molecule has 3 aromatic rings. The number of hydrogen-bond donors (Lipinski definition) is 3. The second kappa shape index (κ2) is 5.45. The molecule has 0 saturated carbocycles. The standard InChI is InChI=1S/C16H19N5O2/c17-6-5-13-12(22)7-14(23-13)11-8-19-16-15(18)20-9-3-1-2-4-10(9)21(11)16/h1-4,8,12-14,22H,5-7,17H2,(H2,18,20). The first-order chi connectivity index (χ1) is 11.2. The van der Waals surface area contributed by atoms with Crippen LogP contribution < -0.4 is 11.5 Å². The normalized spacial score (nSPS) is 24.7. The number of aliphatic hydroxyl groups is 1. The zero-order valence-corrected chi connectivity index (χ0v) is 12.6. The first-order valence-electron chi connectivity index (χ1n) is 7.74. The van der Waals surface area contributed by atoms with Crippen LogP contribution in [0.5, 0.6) is 0 Å². The Labute approximate surface area is 132 Å². The smallest absolute Gasteiger partial charge is 0.180 e. The summed E-state index contributed by atoms with van der Waals surface area (Å²) in [5.74, 6) is 0.381. The Hall–Kier alpha value is -2.22. The van der Waals surface area contributed by atoms with Gasteiger partial charge in [-0.3, -0.25) is 4.40 Å². The summed E-state index contributed by atoms with van der Waals surface area (Å²) in [5.41, 5.74) is 14.8. The molecule has 23 heavy (non-hydrogen) atoms. The second-order valence-electron chi connectivity index (χ2n) is 5.87. The number of ether oxygens (including phenoxy) is 1. The molecular formula is C16H19N5O2. The molecule has 0 aliphatic carbocycles. The number of rotatable bonds is 3. The molecule has 0 bridgehead atoms. The lowest BCUT2D eigenvalue weighted by molar-refractivity contribution is 0.00489. The van der Waals surface area contributed by atoms with E-state index in [9.17, 15) is 5.11 Å². The molecule has 0 amide bonds. The number of nitrogen functional groups attached to an aromatic ring is 1. The van der Waals surface area contributed by atoms with Crippen molar-refractivity contribution >= 4 is 22.5 Å². The van der Waals surface area contributed by atoms with Crippen molar-refractivity contribution in [2.75, 3.05) is 12.3 Å². The first kappa shape index (κ1) is 14.4. The van der Waals surface area contributed by atoms with Crippen LogP contribution >= 0.6 is 0 Å². The van der Waals surface area contributed by atoms with Crippen LogP contribution in [0.2, 0.25) is 0 Å². The minimum Gasteiger partial charge on any atom is -0.390 e. The largest absolute Gasteiger partial charge is 0.390 e. The number of benzene rings is 1. The zero-order valence-electron chi connectivity index (χ0n) is 12.6. The molecule has 2 aromatic heterocycles. The van der Waals surface area contributed by atoms with Gasteiger partial charge < -0.3 is 21.3 Å². The van der Waals surface area contributed by atoms with Gasteiger partial charge in [0.15, 0.2) is 11.5 Å². The van der Waals surface area contributed by atoms with Crippen LogP contribution in [0, 0.1) is 0 Å². The number of anilines is 1. The maximum atomic E-state index is 10.2. The van der Waals surface area contributed by atoms with Crippen LogP contribution in [-0.4, -0.2) is 38.2 Å². The highest BCUT2D eigenvalue weighted by molar-refractivity contribution is 5.82. The first-order valence-corrected chi connectivity index (χ1v) is 7.74. The van der Waals surface area contributed by atoms with Crippen molar-refractivity contribution in [3.8, 4) is 0 Å². The van der Waals surface area contributed by atoms with Crippen molar-refractivity contribution in [3.63, 3.8) is 0 Å². The van der Waals surface area contributed by atoms with Crippen molar-refractivity contribution in [1.29, 1.82) is 0 Å². The molecule has 4 rings (SSSR count). The molecule has 0 radical (unpaired) electrons. The van der Waals surface area contributed by atoms with E-state index in [1.54, 1.807) is 6.20 Å². The molecule has 1 aliphatic heterocycles. The number of nitrogens with zero attached hydrogens (tertiary/aromatic N) is 3. The summed E-state index contributed by atoms with van der Waals surface area (Å²) in [5, 5.41) is 10.2. The van der Waals surface area contributed by atoms with Crippen LogP contribution in [0.3, 0.4) is 0 Å². The molecule has 1 saturated heterocycles. The average Bonchev–Trinajstić information content (AvgIpc) is 3.13. The van der Waals surface area contributed by atoms with E-state index >= 15 is 0 Å². The summed E-state index contributed by atoms with van der Waals surface area (Å²) in [6.45, 7) is 0.487. The van der Waals surface area contributed by atoms with E-state index in [-0.39, 0.29) is 12.2 Å². The summed E-state index contributed by atoms with van der Waals surface area (Å²) in [6.07, 6.45) is 1.93. The molecule has 0 spiro atoms. The maximum Gasteiger partial charge on any atom is 0.180 e. The molecule has 7 nitrogen and oxygen atoms in total. The van der Waals surface area contributed by atoms with Gasteiger partial charge in [-0.05, 0) is 25.1 Å². The number of fused-ring (bicyclic) bond motifs is 3. The third kappa shape index (κ3) is 2.24. The Bertz CT molecular complexity index is 862. The summed E-state index contributed by atoms with van der Waals surface area (Å²) in [4.78, 5) is 8.79. The Morgan fingerprint density at radius 3 is 3.00 bits per heavy atom. The number of para-hydroxylation sites is 2. The molecule has 3 atom stereocenters. The molecule has 3 heterocycles. The number of imidazole rings is 1. The highest BCUT2D eigenvalue weighted by Crippen LogP contribution is 2.36.